The van der Waals surface area contributed by atoms with E-state index in [9.17, 15) is 4.39 Å². The van der Waals surface area contributed by atoms with E-state index < -0.39 is 0 Å². The van der Waals surface area contributed by atoms with Crippen LogP contribution >= 0.6 is 0 Å². The largest absolute Gasteiger partial charge is 0.210 e. The number of rotatable bonds is 1. The van der Waals surface area contributed by atoms with Gasteiger partial charge in [0.05, 0.1) is 5.57 Å². The molecule has 0 fully saturated rings. The third kappa shape index (κ3) is 1.56. The van der Waals surface area contributed by atoms with Crippen LogP contribution in [-0.4, -0.2) is 0 Å². The molecule has 0 saturated carbocycles. The van der Waals surface area contributed by atoms with Gasteiger partial charge in [0.15, 0.2) is 0 Å². The molecule has 0 aromatic heterocycles. The summed E-state index contributed by atoms with van der Waals surface area (Å²) < 4.78 is 12.8. The zero-order chi connectivity index (χ0) is 8.27. The molecule has 1 aliphatic carbocycles. The summed E-state index contributed by atoms with van der Waals surface area (Å²) in [6.45, 7) is 3.55. The molecule has 1 aliphatic rings. The minimum atomic E-state index is -0.333. The maximum atomic E-state index is 12.8. The van der Waals surface area contributed by atoms with E-state index in [4.69, 9.17) is 5.26 Å². The lowest BCUT2D eigenvalue weighted by molar-refractivity contribution is 0.550. The van der Waals surface area contributed by atoms with Crippen molar-refractivity contribution in [3.05, 3.63) is 36.2 Å². The van der Waals surface area contributed by atoms with E-state index in [1.54, 1.807) is 18.2 Å². The van der Waals surface area contributed by atoms with Gasteiger partial charge in [-0.15, -0.1) is 6.58 Å². The molecule has 0 spiro atoms. The molecular formula is C9H8FN. The molecule has 0 aromatic rings. The van der Waals surface area contributed by atoms with Crippen molar-refractivity contribution in [3.63, 3.8) is 0 Å². The Kier molecular flexibility index (Phi) is 2.22. The van der Waals surface area contributed by atoms with Gasteiger partial charge in [0.25, 0.3) is 0 Å². The van der Waals surface area contributed by atoms with Gasteiger partial charge in [0.2, 0.25) is 0 Å². The first-order chi connectivity index (χ1) is 5.27. The first-order valence-electron chi connectivity index (χ1n) is 3.37. The van der Waals surface area contributed by atoms with Gasteiger partial charge >= 0.3 is 0 Å². The summed E-state index contributed by atoms with van der Waals surface area (Å²) >= 11 is 0. The van der Waals surface area contributed by atoms with E-state index in [1.807, 2.05) is 0 Å². The Labute approximate surface area is 65.1 Å². The lowest BCUT2D eigenvalue weighted by Crippen LogP contribution is -1.98. The monoisotopic (exact) mass is 149 g/mol. The van der Waals surface area contributed by atoms with E-state index in [0.29, 0.717) is 0 Å². The summed E-state index contributed by atoms with van der Waals surface area (Å²) in [5.41, 5.74) is 0.142. The summed E-state index contributed by atoms with van der Waals surface area (Å²) in [6.07, 6.45) is 5.24. The van der Waals surface area contributed by atoms with Crippen molar-refractivity contribution < 1.29 is 4.39 Å². The van der Waals surface area contributed by atoms with Crippen LogP contribution in [0.3, 0.4) is 0 Å². The van der Waals surface area contributed by atoms with Gasteiger partial charge in [-0.3, -0.25) is 0 Å². The van der Waals surface area contributed by atoms with Crippen LogP contribution in [0.2, 0.25) is 0 Å². The van der Waals surface area contributed by atoms with Crippen molar-refractivity contribution in [3.8, 4) is 6.07 Å². The average Bonchev–Trinajstić information content (AvgIpc) is 2.04. The van der Waals surface area contributed by atoms with E-state index >= 15 is 0 Å². The fourth-order valence-electron chi connectivity index (χ4n) is 0.955. The zero-order valence-corrected chi connectivity index (χ0v) is 6.05. The first-order valence-corrected chi connectivity index (χ1v) is 3.37. The molecule has 1 rings (SSSR count). The number of nitriles is 1. The molecule has 0 bridgehead atoms. The fraction of sp³-hybridized carbons (Fsp3) is 0.222. The Balaban J connectivity index is 2.83. The molecule has 0 radical (unpaired) electrons. The highest BCUT2D eigenvalue weighted by Crippen LogP contribution is 2.24. The summed E-state index contributed by atoms with van der Waals surface area (Å²) in [5, 5.41) is 8.40. The van der Waals surface area contributed by atoms with Crippen molar-refractivity contribution in [1.29, 1.82) is 5.26 Å². The highest BCUT2D eigenvalue weighted by molar-refractivity contribution is 5.39. The predicted molar refractivity (Wildman–Crippen MR) is 41.2 cm³/mol. The molecule has 11 heavy (non-hydrogen) atoms. The van der Waals surface area contributed by atoms with Crippen LogP contribution in [0, 0.1) is 17.2 Å². The number of nitrogens with zero attached hydrogens (tertiary/aromatic N) is 1. The Morgan fingerprint density at radius 3 is 3.00 bits per heavy atom. The summed E-state index contributed by atoms with van der Waals surface area (Å²) in [6, 6.07) is 1.78. The van der Waals surface area contributed by atoms with Crippen molar-refractivity contribution in [2.45, 2.75) is 6.42 Å². The number of allylic oxidation sites excluding steroid dienone is 5. The van der Waals surface area contributed by atoms with Crippen LogP contribution < -0.4 is 0 Å². The van der Waals surface area contributed by atoms with Crippen LogP contribution in [0.15, 0.2) is 36.2 Å². The van der Waals surface area contributed by atoms with Gasteiger partial charge in [-0.1, -0.05) is 12.2 Å². The van der Waals surface area contributed by atoms with E-state index in [2.05, 4.69) is 6.58 Å². The van der Waals surface area contributed by atoms with Crippen molar-refractivity contribution in [1.82, 2.24) is 0 Å². The summed E-state index contributed by atoms with van der Waals surface area (Å²) in [4.78, 5) is 0. The van der Waals surface area contributed by atoms with Crippen LogP contribution in [0.5, 0.6) is 0 Å². The second-order valence-corrected chi connectivity index (χ2v) is 2.39. The molecular weight excluding hydrogens is 141 g/mol. The van der Waals surface area contributed by atoms with Crippen LogP contribution in [-0.2, 0) is 0 Å². The highest BCUT2D eigenvalue weighted by atomic mass is 19.1. The first kappa shape index (κ1) is 7.74. The topological polar surface area (TPSA) is 23.8 Å². The standard InChI is InChI=1S/C9H8FN/c1-2-7-3-4-8(6-11)9(10)5-7/h2-4,7H,1,5H2/t7-/m0/s1. The Morgan fingerprint density at radius 2 is 2.55 bits per heavy atom. The van der Waals surface area contributed by atoms with Gasteiger partial charge in [0, 0.05) is 12.3 Å². The molecule has 56 valence electrons. The van der Waals surface area contributed by atoms with E-state index in [1.165, 1.54) is 6.08 Å². The van der Waals surface area contributed by atoms with Crippen molar-refractivity contribution >= 4 is 0 Å². The fourth-order valence-corrected chi connectivity index (χ4v) is 0.955. The smallest absolute Gasteiger partial charge is 0.119 e. The van der Waals surface area contributed by atoms with Crippen LogP contribution in [0.25, 0.3) is 0 Å². The maximum absolute atomic E-state index is 12.8. The van der Waals surface area contributed by atoms with Gasteiger partial charge < -0.3 is 0 Å². The molecule has 1 nitrogen and oxygen atoms in total. The zero-order valence-electron chi connectivity index (χ0n) is 6.05. The molecule has 0 unspecified atom stereocenters. The second-order valence-electron chi connectivity index (χ2n) is 2.39. The van der Waals surface area contributed by atoms with Gasteiger partial charge in [0.1, 0.15) is 11.9 Å². The SMILES string of the molecule is C=C[C@H]1C=CC(C#N)=C(F)C1. The highest BCUT2D eigenvalue weighted by Gasteiger charge is 2.12. The molecule has 0 heterocycles. The number of hydrogen-bond donors (Lipinski definition) is 0. The van der Waals surface area contributed by atoms with E-state index in [0.717, 1.165) is 0 Å². The predicted octanol–water partition coefficient (Wildman–Crippen LogP) is 2.50. The Morgan fingerprint density at radius 1 is 1.82 bits per heavy atom. The lowest BCUT2D eigenvalue weighted by atomic mass is 9.96. The molecule has 0 saturated heterocycles. The summed E-state index contributed by atoms with van der Waals surface area (Å²) in [5.74, 6) is -0.285. The minimum absolute atomic E-state index is 0.0482. The quantitative estimate of drug-likeness (QED) is 0.525. The van der Waals surface area contributed by atoms with Gasteiger partial charge in [-0.2, -0.15) is 5.26 Å². The van der Waals surface area contributed by atoms with Crippen molar-refractivity contribution in [2.24, 2.45) is 5.92 Å². The normalized spacial score (nSPS) is 23.1. The Bertz CT molecular complexity index is 268. The number of halogens is 1. The molecule has 0 amide bonds. The van der Waals surface area contributed by atoms with Gasteiger partial charge in [-0.25, -0.2) is 4.39 Å². The van der Waals surface area contributed by atoms with Crippen LogP contribution in [0.1, 0.15) is 6.42 Å². The van der Waals surface area contributed by atoms with Gasteiger partial charge in [-0.05, 0) is 6.08 Å². The number of hydrogen-bond acceptors (Lipinski definition) is 1. The third-order valence-electron chi connectivity index (χ3n) is 1.64. The summed E-state index contributed by atoms with van der Waals surface area (Å²) in [7, 11) is 0. The second kappa shape index (κ2) is 3.16. The maximum Gasteiger partial charge on any atom is 0.119 e. The third-order valence-corrected chi connectivity index (χ3v) is 1.64. The van der Waals surface area contributed by atoms with Crippen molar-refractivity contribution in [2.75, 3.05) is 0 Å². The minimum Gasteiger partial charge on any atom is -0.210 e. The van der Waals surface area contributed by atoms with E-state index in [-0.39, 0.29) is 23.7 Å². The Hall–Kier alpha value is -1.36. The molecule has 0 aliphatic heterocycles. The molecule has 0 N–H and O–H groups in total. The lowest BCUT2D eigenvalue weighted by Gasteiger charge is -2.10. The molecule has 1 atom stereocenters. The molecule has 0 aromatic carbocycles. The average molecular weight is 149 g/mol. The molecule has 2 heteroatoms. The van der Waals surface area contributed by atoms with Crippen LogP contribution in [0.4, 0.5) is 4.39 Å².